The molecule has 4 heteroatoms. The van der Waals surface area contributed by atoms with Crippen molar-refractivity contribution in [3.63, 3.8) is 0 Å². The highest BCUT2D eigenvalue weighted by Gasteiger charge is 2.11. The SMILES string of the molecule is OCCCSc1c2ccccc2nn1Cc1ccccc1. The smallest absolute Gasteiger partial charge is 0.102 e. The summed E-state index contributed by atoms with van der Waals surface area (Å²) in [5.41, 5.74) is 2.27. The predicted molar refractivity (Wildman–Crippen MR) is 87.7 cm³/mol. The van der Waals surface area contributed by atoms with Crippen molar-refractivity contribution in [3.8, 4) is 0 Å². The van der Waals surface area contributed by atoms with Gasteiger partial charge >= 0.3 is 0 Å². The van der Waals surface area contributed by atoms with Gasteiger partial charge in [-0.15, -0.1) is 11.8 Å². The second-order valence-corrected chi connectivity index (χ2v) is 5.97. The molecule has 0 bridgehead atoms. The van der Waals surface area contributed by atoms with Crippen molar-refractivity contribution in [1.82, 2.24) is 9.78 Å². The number of aliphatic hydroxyl groups is 1. The second kappa shape index (κ2) is 6.78. The van der Waals surface area contributed by atoms with Crippen LogP contribution in [0, 0.1) is 0 Å². The molecule has 0 radical (unpaired) electrons. The van der Waals surface area contributed by atoms with Crippen molar-refractivity contribution in [3.05, 3.63) is 60.2 Å². The first-order valence-corrected chi connectivity index (χ1v) is 8.10. The Hall–Kier alpha value is -1.78. The minimum Gasteiger partial charge on any atom is -0.396 e. The van der Waals surface area contributed by atoms with Gasteiger partial charge in [0, 0.05) is 17.7 Å². The number of fused-ring (bicyclic) bond motifs is 1. The van der Waals surface area contributed by atoms with E-state index in [1.165, 1.54) is 16.0 Å². The van der Waals surface area contributed by atoms with Gasteiger partial charge in [-0.2, -0.15) is 5.10 Å². The summed E-state index contributed by atoms with van der Waals surface area (Å²) in [5, 5.41) is 16.1. The van der Waals surface area contributed by atoms with E-state index in [1.807, 2.05) is 24.3 Å². The zero-order chi connectivity index (χ0) is 14.5. The van der Waals surface area contributed by atoms with Gasteiger partial charge < -0.3 is 5.11 Å². The number of nitrogens with zero attached hydrogens (tertiary/aromatic N) is 2. The lowest BCUT2D eigenvalue weighted by atomic mass is 10.2. The zero-order valence-electron chi connectivity index (χ0n) is 11.8. The number of aliphatic hydroxyl groups excluding tert-OH is 1. The van der Waals surface area contributed by atoms with Crippen LogP contribution < -0.4 is 0 Å². The van der Waals surface area contributed by atoms with Gasteiger partial charge in [0.15, 0.2) is 0 Å². The van der Waals surface area contributed by atoms with Crippen molar-refractivity contribution in [2.75, 3.05) is 12.4 Å². The summed E-state index contributed by atoms with van der Waals surface area (Å²) < 4.78 is 2.07. The van der Waals surface area contributed by atoms with E-state index >= 15 is 0 Å². The van der Waals surface area contributed by atoms with E-state index in [2.05, 4.69) is 35.0 Å². The van der Waals surface area contributed by atoms with E-state index in [-0.39, 0.29) is 6.61 Å². The summed E-state index contributed by atoms with van der Waals surface area (Å²) in [4.78, 5) is 0. The molecule has 0 saturated heterocycles. The van der Waals surface area contributed by atoms with Gasteiger partial charge in [0.05, 0.1) is 12.1 Å². The van der Waals surface area contributed by atoms with Gasteiger partial charge in [-0.25, -0.2) is 0 Å². The van der Waals surface area contributed by atoms with E-state index in [0.717, 1.165) is 24.2 Å². The maximum atomic E-state index is 8.98. The van der Waals surface area contributed by atoms with E-state index in [4.69, 9.17) is 10.2 Å². The Morgan fingerprint density at radius 2 is 1.76 bits per heavy atom. The Kier molecular flexibility index (Phi) is 4.58. The fraction of sp³-hybridized carbons (Fsp3) is 0.235. The van der Waals surface area contributed by atoms with Crippen molar-refractivity contribution < 1.29 is 5.11 Å². The minimum atomic E-state index is 0.234. The lowest BCUT2D eigenvalue weighted by Gasteiger charge is -2.07. The van der Waals surface area contributed by atoms with Crippen LogP contribution >= 0.6 is 11.8 Å². The molecule has 0 spiro atoms. The Morgan fingerprint density at radius 1 is 1.00 bits per heavy atom. The normalized spacial score (nSPS) is 11.1. The Labute approximate surface area is 128 Å². The first kappa shape index (κ1) is 14.2. The second-order valence-electron chi connectivity index (χ2n) is 4.89. The van der Waals surface area contributed by atoms with Crippen molar-refractivity contribution in [2.45, 2.75) is 18.0 Å². The maximum absolute atomic E-state index is 8.98. The molecule has 0 fully saturated rings. The van der Waals surface area contributed by atoms with E-state index in [9.17, 15) is 0 Å². The number of thioether (sulfide) groups is 1. The molecule has 0 aliphatic heterocycles. The Balaban J connectivity index is 1.94. The van der Waals surface area contributed by atoms with E-state index < -0.39 is 0 Å². The number of aromatic nitrogens is 2. The van der Waals surface area contributed by atoms with Crippen molar-refractivity contribution in [1.29, 1.82) is 0 Å². The molecule has 3 rings (SSSR count). The van der Waals surface area contributed by atoms with Crippen LogP contribution in [0.2, 0.25) is 0 Å². The summed E-state index contributed by atoms with van der Waals surface area (Å²) >= 11 is 1.77. The Morgan fingerprint density at radius 3 is 2.57 bits per heavy atom. The molecule has 3 nitrogen and oxygen atoms in total. The number of rotatable bonds is 6. The highest BCUT2D eigenvalue weighted by atomic mass is 32.2. The predicted octanol–water partition coefficient (Wildman–Crippen LogP) is 3.56. The molecule has 1 heterocycles. The lowest BCUT2D eigenvalue weighted by Crippen LogP contribution is -2.03. The largest absolute Gasteiger partial charge is 0.396 e. The van der Waals surface area contributed by atoms with Gasteiger partial charge in [0.25, 0.3) is 0 Å². The Bertz CT molecular complexity index is 709. The highest BCUT2D eigenvalue weighted by molar-refractivity contribution is 7.99. The monoisotopic (exact) mass is 298 g/mol. The van der Waals surface area contributed by atoms with Gasteiger partial charge in [-0.3, -0.25) is 4.68 Å². The standard InChI is InChI=1S/C17H18N2OS/c20-11-6-12-21-17-15-9-4-5-10-16(15)18-19(17)13-14-7-2-1-3-8-14/h1-5,7-10,20H,6,11-13H2. The number of hydrogen-bond donors (Lipinski definition) is 1. The molecule has 1 N–H and O–H groups in total. The van der Waals surface area contributed by atoms with Crippen LogP contribution in [-0.2, 0) is 6.54 Å². The first-order valence-electron chi connectivity index (χ1n) is 7.11. The third-order valence-corrected chi connectivity index (χ3v) is 4.51. The van der Waals surface area contributed by atoms with Crippen molar-refractivity contribution in [2.24, 2.45) is 0 Å². The van der Waals surface area contributed by atoms with E-state index in [0.29, 0.717) is 0 Å². The third kappa shape index (κ3) is 3.28. The fourth-order valence-corrected chi connectivity index (χ4v) is 3.35. The van der Waals surface area contributed by atoms with Gasteiger partial charge in [0.2, 0.25) is 0 Å². The molecule has 21 heavy (non-hydrogen) atoms. The first-order chi connectivity index (χ1) is 10.4. The quantitative estimate of drug-likeness (QED) is 0.558. The van der Waals surface area contributed by atoms with Crippen LogP contribution in [0.3, 0.4) is 0 Å². The third-order valence-electron chi connectivity index (χ3n) is 3.31. The van der Waals surface area contributed by atoms with Crippen LogP contribution in [-0.4, -0.2) is 27.2 Å². The van der Waals surface area contributed by atoms with Crippen molar-refractivity contribution >= 4 is 22.7 Å². The molecule has 0 aliphatic rings. The van der Waals surface area contributed by atoms with Crippen LogP contribution in [0.5, 0.6) is 0 Å². The highest BCUT2D eigenvalue weighted by Crippen LogP contribution is 2.29. The molecule has 1 aromatic heterocycles. The zero-order valence-corrected chi connectivity index (χ0v) is 12.6. The lowest BCUT2D eigenvalue weighted by molar-refractivity contribution is 0.296. The summed E-state index contributed by atoms with van der Waals surface area (Å²) in [5.74, 6) is 0.904. The van der Waals surface area contributed by atoms with Crippen LogP contribution in [0.1, 0.15) is 12.0 Å². The molecule has 2 aromatic carbocycles. The number of benzene rings is 2. The minimum absolute atomic E-state index is 0.234. The molecular formula is C17H18N2OS. The molecule has 3 aromatic rings. The topological polar surface area (TPSA) is 38.1 Å². The summed E-state index contributed by atoms with van der Waals surface area (Å²) in [6, 6.07) is 18.6. The molecule has 0 atom stereocenters. The summed E-state index contributed by atoms with van der Waals surface area (Å²) in [7, 11) is 0. The average molecular weight is 298 g/mol. The van der Waals surface area contributed by atoms with Crippen LogP contribution in [0.25, 0.3) is 10.9 Å². The summed E-state index contributed by atoms with van der Waals surface area (Å²) in [6.07, 6.45) is 0.801. The number of hydrogen-bond acceptors (Lipinski definition) is 3. The molecule has 0 unspecified atom stereocenters. The van der Waals surface area contributed by atoms with Gasteiger partial charge in [-0.05, 0) is 18.1 Å². The van der Waals surface area contributed by atoms with E-state index in [1.54, 1.807) is 11.8 Å². The maximum Gasteiger partial charge on any atom is 0.102 e. The van der Waals surface area contributed by atoms with Crippen LogP contribution in [0.4, 0.5) is 0 Å². The fourth-order valence-electron chi connectivity index (χ4n) is 2.31. The van der Waals surface area contributed by atoms with Gasteiger partial charge in [-0.1, -0.05) is 48.5 Å². The van der Waals surface area contributed by atoms with Crippen LogP contribution in [0.15, 0.2) is 59.6 Å². The molecular weight excluding hydrogens is 280 g/mol. The molecule has 0 saturated carbocycles. The average Bonchev–Trinajstić information content (AvgIpc) is 2.86. The summed E-state index contributed by atoms with van der Waals surface area (Å²) in [6.45, 7) is 1.01. The molecule has 108 valence electrons. The molecule has 0 amide bonds. The molecule has 0 aliphatic carbocycles. The van der Waals surface area contributed by atoms with Gasteiger partial charge in [0.1, 0.15) is 5.03 Å².